The van der Waals surface area contributed by atoms with Crippen LogP contribution in [0.2, 0.25) is 0 Å². The monoisotopic (exact) mass is 260 g/mol. The second-order valence-corrected chi connectivity index (χ2v) is 4.46. The van der Waals surface area contributed by atoms with Crippen LogP contribution in [0.25, 0.3) is 0 Å². The van der Waals surface area contributed by atoms with E-state index in [0.29, 0.717) is 12.3 Å². The summed E-state index contributed by atoms with van der Waals surface area (Å²) in [6.07, 6.45) is 0.493. The number of rotatable bonds is 2. The fourth-order valence-electron chi connectivity index (χ4n) is 1.97. The Morgan fingerprint density at radius 2 is 2.12 bits per heavy atom. The Bertz CT molecular complexity index is 404. The van der Waals surface area contributed by atoms with E-state index in [9.17, 15) is 4.79 Å². The number of nitrogen functional groups attached to an aromatic ring is 1. The number of hydrogen-bond donors (Lipinski definition) is 1. The first-order valence-electron chi connectivity index (χ1n) is 5.26. The molecule has 0 aliphatic carbocycles. The number of nitrogens with zero attached hydrogens (tertiary/aromatic N) is 1. The van der Waals surface area contributed by atoms with Crippen molar-refractivity contribution in [3.63, 3.8) is 0 Å². The molecule has 88 valence electrons. The van der Waals surface area contributed by atoms with E-state index < -0.39 is 0 Å². The van der Waals surface area contributed by atoms with Crippen LogP contribution in [0.4, 0.5) is 11.4 Å². The molecule has 0 saturated heterocycles. The standard InChI is InChI=1S/C12H16N2O.Fe/c1-8(2)7-14-11-4-3-10(13)5-9(11)6-12(14)15;/h3-5,8H,6-7,13H2,1-2H3;. The zero-order chi connectivity index (χ0) is 11.0. The summed E-state index contributed by atoms with van der Waals surface area (Å²) in [6.45, 7) is 5.01. The van der Waals surface area contributed by atoms with Gasteiger partial charge in [0.25, 0.3) is 0 Å². The van der Waals surface area contributed by atoms with E-state index in [1.165, 1.54) is 0 Å². The van der Waals surface area contributed by atoms with Crippen molar-refractivity contribution >= 4 is 17.3 Å². The number of anilines is 2. The van der Waals surface area contributed by atoms with Gasteiger partial charge in [0.1, 0.15) is 0 Å². The summed E-state index contributed by atoms with van der Waals surface area (Å²) in [6, 6.07) is 5.69. The van der Waals surface area contributed by atoms with E-state index in [1.807, 2.05) is 23.1 Å². The second kappa shape index (κ2) is 4.89. The molecule has 1 aromatic carbocycles. The van der Waals surface area contributed by atoms with Gasteiger partial charge in [-0.15, -0.1) is 0 Å². The summed E-state index contributed by atoms with van der Waals surface area (Å²) in [5.41, 5.74) is 8.51. The van der Waals surface area contributed by atoms with Gasteiger partial charge in [-0.3, -0.25) is 4.79 Å². The number of fused-ring (bicyclic) bond motifs is 1. The maximum absolute atomic E-state index is 11.8. The fourth-order valence-corrected chi connectivity index (χ4v) is 1.97. The van der Waals surface area contributed by atoms with Crippen LogP contribution in [0.15, 0.2) is 18.2 Å². The minimum Gasteiger partial charge on any atom is -0.399 e. The minimum absolute atomic E-state index is 0. The van der Waals surface area contributed by atoms with E-state index in [-0.39, 0.29) is 23.0 Å². The van der Waals surface area contributed by atoms with Gasteiger partial charge in [0, 0.05) is 35.0 Å². The molecule has 0 spiro atoms. The molecule has 0 fully saturated rings. The van der Waals surface area contributed by atoms with Crippen molar-refractivity contribution in [1.29, 1.82) is 0 Å². The number of benzene rings is 1. The molecule has 0 unspecified atom stereocenters. The summed E-state index contributed by atoms with van der Waals surface area (Å²) in [4.78, 5) is 13.6. The predicted molar refractivity (Wildman–Crippen MR) is 61.7 cm³/mol. The van der Waals surface area contributed by atoms with Crippen LogP contribution in [0.5, 0.6) is 0 Å². The maximum Gasteiger partial charge on any atom is 0.231 e. The largest absolute Gasteiger partial charge is 0.399 e. The Hall–Kier alpha value is -0.991. The van der Waals surface area contributed by atoms with Crippen LogP contribution in [-0.2, 0) is 28.3 Å². The van der Waals surface area contributed by atoms with Crippen molar-refractivity contribution in [3.05, 3.63) is 23.8 Å². The fraction of sp³-hybridized carbons (Fsp3) is 0.417. The Balaban J connectivity index is 0.00000128. The van der Waals surface area contributed by atoms with Gasteiger partial charge < -0.3 is 10.6 Å². The van der Waals surface area contributed by atoms with Crippen molar-refractivity contribution < 1.29 is 21.9 Å². The zero-order valence-electron chi connectivity index (χ0n) is 9.51. The molecule has 0 atom stereocenters. The molecule has 0 saturated carbocycles. The molecule has 1 aromatic rings. The average molecular weight is 260 g/mol. The van der Waals surface area contributed by atoms with E-state index in [1.54, 1.807) is 0 Å². The van der Waals surface area contributed by atoms with Gasteiger partial charge in [-0.25, -0.2) is 0 Å². The molecular weight excluding hydrogens is 244 g/mol. The summed E-state index contributed by atoms with van der Waals surface area (Å²) in [7, 11) is 0. The SMILES string of the molecule is CC(C)CN1C(=O)Cc2cc(N)ccc21.[Fe]. The minimum atomic E-state index is 0. The number of nitrogens with two attached hydrogens (primary N) is 1. The average Bonchev–Trinajstić information content (AvgIpc) is 2.41. The second-order valence-electron chi connectivity index (χ2n) is 4.46. The van der Waals surface area contributed by atoms with E-state index in [4.69, 9.17) is 5.73 Å². The Kier molecular flexibility index (Phi) is 4.00. The first-order chi connectivity index (χ1) is 7.08. The number of carbonyl (C=O) groups is 1. The van der Waals surface area contributed by atoms with Crippen molar-refractivity contribution in [2.45, 2.75) is 20.3 Å². The topological polar surface area (TPSA) is 46.3 Å². The van der Waals surface area contributed by atoms with Gasteiger partial charge in [0.2, 0.25) is 5.91 Å². The number of hydrogen-bond acceptors (Lipinski definition) is 2. The molecule has 1 aliphatic heterocycles. The van der Waals surface area contributed by atoms with Crippen molar-refractivity contribution in [2.24, 2.45) is 5.92 Å². The smallest absolute Gasteiger partial charge is 0.231 e. The predicted octanol–water partition coefficient (Wildman–Crippen LogP) is 1.81. The molecule has 0 bridgehead atoms. The Labute approximate surface area is 106 Å². The number of carbonyl (C=O) groups excluding carboxylic acids is 1. The molecule has 0 aromatic heterocycles. The number of amides is 1. The molecule has 16 heavy (non-hydrogen) atoms. The third-order valence-electron chi connectivity index (χ3n) is 2.58. The maximum atomic E-state index is 11.8. The molecular formula is C12H16FeN2O. The molecule has 4 heteroatoms. The summed E-state index contributed by atoms with van der Waals surface area (Å²) in [5, 5.41) is 0. The molecule has 0 radical (unpaired) electrons. The first kappa shape index (κ1) is 13.1. The van der Waals surface area contributed by atoms with Gasteiger partial charge in [-0.2, -0.15) is 0 Å². The van der Waals surface area contributed by atoms with Gasteiger partial charge in [-0.05, 0) is 29.7 Å². The molecule has 2 rings (SSSR count). The van der Waals surface area contributed by atoms with Gasteiger partial charge >= 0.3 is 0 Å². The van der Waals surface area contributed by atoms with E-state index in [0.717, 1.165) is 23.5 Å². The molecule has 1 heterocycles. The van der Waals surface area contributed by atoms with Gasteiger partial charge in [0.05, 0.1) is 6.42 Å². The summed E-state index contributed by atoms with van der Waals surface area (Å²) >= 11 is 0. The molecule has 1 amide bonds. The Morgan fingerprint density at radius 3 is 2.75 bits per heavy atom. The van der Waals surface area contributed by atoms with Crippen LogP contribution in [0.1, 0.15) is 19.4 Å². The van der Waals surface area contributed by atoms with Crippen LogP contribution >= 0.6 is 0 Å². The normalized spacial score (nSPS) is 13.9. The van der Waals surface area contributed by atoms with Crippen LogP contribution in [-0.4, -0.2) is 12.5 Å². The summed E-state index contributed by atoms with van der Waals surface area (Å²) in [5.74, 6) is 0.668. The first-order valence-corrected chi connectivity index (χ1v) is 5.26. The van der Waals surface area contributed by atoms with Crippen molar-refractivity contribution in [1.82, 2.24) is 0 Å². The zero-order valence-corrected chi connectivity index (χ0v) is 10.6. The van der Waals surface area contributed by atoms with Crippen LogP contribution < -0.4 is 10.6 Å². The summed E-state index contributed by atoms with van der Waals surface area (Å²) < 4.78 is 0. The van der Waals surface area contributed by atoms with Crippen LogP contribution in [0, 0.1) is 5.92 Å². The van der Waals surface area contributed by atoms with Gasteiger partial charge in [-0.1, -0.05) is 13.8 Å². The van der Waals surface area contributed by atoms with Crippen LogP contribution in [0.3, 0.4) is 0 Å². The van der Waals surface area contributed by atoms with Crippen molar-refractivity contribution in [2.75, 3.05) is 17.2 Å². The third kappa shape index (κ3) is 2.39. The third-order valence-corrected chi connectivity index (χ3v) is 2.58. The quantitative estimate of drug-likeness (QED) is 0.651. The van der Waals surface area contributed by atoms with Crippen molar-refractivity contribution in [3.8, 4) is 0 Å². The van der Waals surface area contributed by atoms with E-state index in [2.05, 4.69) is 13.8 Å². The molecule has 1 aliphatic rings. The Morgan fingerprint density at radius 1 is 1.44 bits per heavy atom. The molecule has 3 nitrogen and oxygen atoms in total. The van der Waals surface area contributed by atoms with Gasteiger partial charge in [0.15, 0.2) is 0 Å². The van der Waals surface area contributed by atoms with E-state index >= 15 is 0 Å². The molecule has 2 N–H and O–H groups in total.